The average Bonchev–Trinajstić information content (AvgIpc) is 3.15. The van der Waals surface area contributed by atoms with Crippen LogP contribution in [0, 0.1) is 0 Å². The van der Waals surface area contributed by atoms with E-state index in [2.05, 4.69) is 5.32 Å². The smallest absolute Gasteiger partial charge is 0.261 e. The first-order chi connectivity index (χ1) is 17.4. The van der Waals surface area contributed by atoms with Crippen LogP contribution < -0.4 is 19.5 Å². The molecular weight excluding hydrogens is 464 g/mol. The van der Waals surface area contributed by atoms with Crippen LogP contribution in [0.1, 0.15) is 36.6 Å². The number of rotatable bonds is 10. The number of para-hydroxylation sites is 1. The Labute approximate surface area is 208 Å². The predicted molar refractivity (Wildman–Crippen MR) is 130 cm³/mol. The predicted octanol–water partition coefficient (Wildman–Crippen LogP) is 2.67. The third-order valence-electron chi connectivity index (χ3n) is 5.74. The van der Waals surface area contributed by atoms with E-state index < -0.39 is 6.10 Å². The lowest BCUT2D eigenvalue weighted by Gasteiger charge is -2.17. The molecule has 0 bridgehead atoms. The molecule has 1 heterocycles. The lowest BCUT2D eigenvalue weighted by Crippen LogP contribution is -2.35. The molecule has 1 unspecified atom stereocenters. The van der Waals surface area contributed by atoms with E-state index in [1.165, 1.54) is 19.1 Å². The molecule has 1 atom stereocenters. The number of nitrogens with zero attached hydrogens (tertiary/aromatic N) is 1. The van der Waals surface area contributed by atoms with Crippen LogP contribution >= 0.6 is 0 Å². The molecule has 1 aliphatic heterocycles. The first-order valence-electron chi connectivity index (χ1n) is 11.3. The maximum absolute atomic E-state index is 12.5. The molecule has 3 amide bonds. The van der Waals surface area contributed by atoms with Gasteiger partial charge in [0.05, 0.1) is 31.9 Å². The Morgan fingerprint density at radius 3 is 2.03 bits per heavy atom. The molecule has 4 rings (SSSR count). The van der Waals surface area contributed by atoms with Crippen LogP contribution in [0.25, 0.3) is 0 Å². The fourth-order valence-corrected chi connectivity index (χ4v) is 3.84. The van der Waals surface area contributed by atoms with Crippen LogP contribution in [0.3, 0.4) is 0 Å². The Morgan fingerprint density at radius 1 is 0.889 bits per heavy atom. The Hall–Kier alpha value is -4.37. The van der Waals surface area contributed by atoms with Gasteiger partial charge in [-0.3, -0.25) is 19.3 Å². The van der Waals surface area contributed by atoms with Crippen molar-refractivity contribution >= 4 is 17.7 Å². The van der Waals surface area contributed by atoms with Gasteiger partial charge in [-0.1, -0.05) is 30.3 Å². The van der Waals surface area contributed by atoms with Crippen molar-refractivity contribution in [2.24, 2.45) is 0 Å². The molecule has 3 aromatic rings. The van der Waals surface area contributed by atoms with E-state index in [-0.39, 0.29) is 37.4 Å². The van der Waals surface area contributed by atoms with Gasteiger partial charge in [-0.05, 0) is 42.0 Å². The van der Waals surface area contributed by atoms with Gasteiger partial charge in [-0.2, -0.15) is 0 Å². The lowest BCUT2D eigenvalue weighted by atomic mass is 10.1. The minimum Gasteiger partial charge on any atom is -0.493 e. The van der Waals surface area contributed by atoms with Crippen LogP contribution in [0.5, 0.6) is 17.2 Å². The quantitative estimate of drug-likeness (QED) is 0.420. The molecular formula is C27H26N2O7. The van der Waals surface area contributed by atoms with Gasteiger partial charge in [-0.15, -0.1) is 0 Å². The average molecular weight is 491 g/mol. The van der Waals surface area contributed by atoms with E-state index in [1.807, 2.05) is 0 Å². The van der Waals surface area contributed by atoms with Crippen molar-refractivity contribution < 1.29 is 33.7 Å². The fourth-order valence-electron chi connectivity index (χ4n) is 3.84. The van der Waals surface area contributed by atoms with Crippen LogP contribution in [-0.2, 0) is 6.54 Å². The van der Waals surface area contributed by atoms with Crippen molar-refractivity contribution in [2.45, 2.75) is 12.6 Å². The number of aliphatic hydroxyl groups excluding tert-OH is 1. The van der Waals surface area contributed by atoms with Crippen molar-refractivity contribution in [1.82, 2.24) is 10.2 Å². The molecule has 186 valence electrons. The largest absolute Gasteiger partial charge is 0.493 e. The van der Waals surface area contributed by atoms with Crippen molar-refractivity contribution in [3.8, 4) is 17.2 Å². The number of hydrogen-bond acceptors (Lipinski definition) is 7. The number of amides is 3. The molecule has 3 aromatic carbocycles. The van der Waals surface area contributed by atoms with Gasteiger partial charge in [0.1, 0.15) is 12.7 Å². The molecule has 0 fully saturated rings. The topological polar surface area (TPSA) is 114 Å². The fraction of sp³-hybridized carbons (Fsp3) is 0.222. The zero-order valence-electron chi connectivity index (χ0n) is 19.9. The molecule has 1 aliphatic rings. The summed E-state index contributed by atoms with van der Waals surface area (Å²) in [5.41, 5.74) is 1.87. The molecule has 36 heavy (non-hydrogen) atoms. The standard InChI is InChI=1S/C27H26N2O7/c1-34-22-8-5-9-23(35-2)24(22)36-16-19(30)14-28-25(31)18-12-10-17(11-13-18)15-29-26(32)20-6-3-4-7-21(20)27(29)33/h3-13,19,30H,14-16H2,1-2H3,(H,28,31). The van der Waals surface area contributed by atoms with E-state index in [0.29, 0.717) is 39.5 Å². The summed E-state index contributed by atoms with van der Waals surface area (Å²) in [6, 6.07) is 18.5. The number of nitrogens with one attached hydrogen (secondary N) is 1. The van der Waals surface area contributed by atoms with Gasteiger partial charge >= 0.3 is 0 Å². The molecule has 0 spiro atoms. The monoisotopic (exact) mass is 490 g/mol. The highest BCUT2D eigenvalue weighted by atomic mass is 16.5. The minimum atomic E-state index is -0.975. The van der Waals surface area contributed by atoms with E-state index in [1.54, 1.807) is 66.7 Å². The van der Waals surface area contributed by atoms with E-state index in [4.69, 9.17) is 14.2 Å². The Kier molecular flexibility index (Phi) is 7.50. The summed E-state index contributed by atoms with van der Waals surface area (Å²) in [5, 5.41) is 12.9. The number of aliphatic hydroxyl groups is 1. The number of methoxy groups -OCH3 is 2. The Bertz CT molecular complexity index is 1220. The molecule has 0 radical (unpaired) electrons. The number of ether oxygens (including phenoxy) is 3. The van der Waals surface area contributed by atoms with Crippen molar-refractivity contribution in [3.05, 3.63) is 89.0 Å². The highest BCUT2D eigenvalue weighted by molar-refractivity contribution is 6.21. The normalized spacial score (nSPS) is 13.2. The number of fused-ring (bicyclic) bond motifs is 1. The molecule has 2 N–H and O–H groups in total. The van der Waals surface area contributed by atoms with E-state index in [9.17, 15) is 19.5 Å². The van der Waals surface area contributed by atoms with Crippen LogP contribution in [0.4, 0.5) is 0 Å². The molecule has 0 aromatic heterocycles. The summed E-state index contributed by atoms with van der Waals surface area (Å²) in [5.74, 6) is 0.246. The van der Waals surface area contributed by atoms with Crippen molar-refractivity contribution in [1.29, 1.82) is 0 Å². The highest BCUT2D eigenvalue weighted by Crippen LogP contribution is 2.36. The van der Waals surface area contributed by atoms with Gasteiger partial charge in [0.2, 0.25) is 5.75 Å². The summed E-state index contributed by atoms with van der Waals surface area (Å²) in [7, 11) is 3.01. The third kappa shape index (κ3) is 5.16. The second-order valence-electron chi connectivity index (χ2n) is 8.11. The second kappa shape index (κ2) is 10.9. The van der Waals surface area contributed by atoms with Crippen molar-refractivity contribution in [2.75, 3.05) is 27.4 Å². The first-order valence-corrected chi connectivity index (χ1v) is 11.3. The van der Waals surface area contributed by atoms with Crippen LogP contribution in [-0.4, -0.2) is 61.2 Å². The Balaban J connectivity index is 1.29. The van der Waals surface area contributed by atoms with Gasteiger partial charge in [0.25, 0.3) is 17.7 Å². The van der Waals surface area contributed by atoms with Gasteiger partial charge in [-0.25, -0.2) is 0 Å². The summed E-state index contributed by atoms with van der Waals surface area (Å²) in [6.07, 6.45) is -0.975. The molecule has 9 heteroatoms. The maximum atomic E-state index is 12.5. The summed E-state index contributed by atoms with van der Waals surface area (Å²) >= 11 is 0. The molecule has 0 saturated heterocycles. The zero-order chi connectivity index (χ0) is 25.7. The Morgan fingerprint density at radius 2 is 1.47 bits per heavy atom. The van der Waals surface area contributed by atoms with Gasteiger partial charge in [0, 0.05) is 12.1 Å². The first kappa shape index (κ1) is 24.7. The van der Waals surface area contributed by atoms with Crippen LogP contribution in [0.2, 0.25) is 0 Å². The number of carbonyl (C=O) groups is 3. The van der Waals surface area contributed by atoms with Gasteiger partial charge in [0.15, 0.2) is 11.5 Å². The number of carbonyl (C=O) groups excluding carboxylic acids is 3. The number of benzene rings is 3. The molecule has 0 saturated carbocycles. The molecule has 9 nitrogen and oxygen atoms in total. The highest BCUT2D eigenvalue weighted by Gasteiger charge is 2.34. The zero-order valence-corrected chi connectivity index (χ0v) is 19.9. The van der Waals surface area contributed by atoms with E-state index in [0.717, 1.165) is 0 Å². The second-order valence-corrected chi connectivity index (χ2v) is 8.11. The number of hydrogen-bond donors (Lipinski definition) is 2. The minimum absolute atomic E-state index is 0.0346. The van der Waals surface area contributed by atoms with Crippen molar-refractivity contribution in [3.63, 3.8) is 0 Å². The third-order valence-corrected chi connectivity index (χ3v) is 5.74. The van der Waals surface area contributed by atoms with Crippen LogP contribution in [0.15, 0.2) is 66.7 Å². The summed E-state index contributed by atoms with van der Waals surface area (Å²) < 4.78 is 16.2. The summed E-state index contributed by atoms with van der Waals surface area (Å²) in [6.45, 7) is -0.0139. The van der Waals surface area contributed by atoms with Gasteiger partial charge < -0.3 is 24.6 Å². The molecule has 0 aliphatic carbocycles. The number of imide groups is 1. The summed E-state index contributed by atoms with van der Waals surface area (Å²) in [4.78, 5) is 38.8. The van der Waals surface area contributed by atoms with E-state index >= 15 is 0 Å². The maximum Gasteiger partial charge on any atom is 0.261 e. The lowest BCUT2D eigenvalue weighted by molar-refractivity contribution is 0.0641. The SMILES string of the molecule is COc1cccc(OC)c1OCC(O)CNC(=O)c1ccc(CN2C(=O)c3ccccc3C2=O)cc1.